The summed E-state index contributed by atoms with van der Waals surface area (Å²) in [6.07, 6.45) is 9.87. The molecule has 0 aromatic heterocycles. The number of hydrogen-bond donors (Lipinski definition) is 1. The van der Waals surface area contributed by atoms with Crippen LogP contribution in [0, 0.1) is 23.7 Å². The molecule has 1 aliphatic heterocycles. The molecular formula is C17H33NO. The molecule has 0 amide bonds. The minimum absolute atomic E-state index is 0.927. The summed E-state index contributed by atoms with van der Waals surface area (Å²) in [6.45, 7) is 8.95. The second-order valence-electron chi connectivity index (χ2n) is 6.65. The summed E-state index contributed by atoms with van der Waals surface area (Å²) >= 11 is 0. The SMILES string of the molecule is CCCC1CCC(CNCC)C(C2CCOCC2)C1. The molecule has 112 valence electrons. The van der Waals surface area contributed by atoms with Crippen molar-refractivity contribution >= 4 is 0 Å². The van der Waals surface area contributed by atoms with Crippen LogP contribution in [-0.4, -0.2) is 26.3 Å². The monoisotopic (exact) mass is 267 g/mol. The van der Waals surface area contributed by atoms with E-state index < -0.39 is 0 Å². The first-order valence-corrected chi connectivity index (χ1v) is 8.63. The average molecular weight is 267 g/mol. The lowest BCUT2D eigenvalue weighted by atomic mass is 9.66. The molecule has 19 heavy (non-hydrogen) atoms. The molecule has 2 aliphatic rings. The lowest BCUT2D eigenvalue weighted by molar-refractivity contribution is 0.0135. The van der Waals surface area contributed by atoms with Crippen molar-refractivity contribution in [2.45, 2.75) is 58.8 Å². The molecule has 0 spiro atoms. The Bertz CT molecular complexity index is 237. The standard InChI is InChI=1S/C17H33NO/c1-3-5-14-6-7-16(13-18-4-2)17(12-14)15-8-10-19-11-9-15/h14-18H,3-13H2,1-2H3. The van der Waals surface area contributed by atoms with Crippen LogP contribution in [0.2, 0.25) is 0 Å². The van der Waals surface area contributed by atoms with Crippen molar-refractivity contribution in [3.8, 4) is 0 Å². The summed E-state index contributed by atoms with van der Waals surface area (Å²) in [6, 6.07) is 0. The van der Waals surface area contributed by atoms with Crippen molar-refractivity contribution in [2.24, 2.45) is 23.7 Å². The minimum Gasteiger partial charge on any atom is -0.381 e. The van der Waals surface area contributed by atoms with Crippen LogP contribution in [0.1, 0.15) is 58.8 Å². The van der Waals surface area contributed by atoms with Gasteiger partial charge in [0, 0.05) is 13.2 Å². The quantitative estimate of drug-likeness (QED) is 0.789. The van der Waals surface area contributed by atoms with Crippen molar-refractivity contribution in [1.82, 2.24) is 5.32 Å². The number of ether oxygens (including phenoxy) is 1. The lowest BCUT2D eigenvalue weighted by Crippen LogP contribution is -2.38. The highest BCUT2D eigenvalue weighted by Crippen LogP contribution is 2.42. The molecule has 0 radical (unpaired) electrons. The zero-order chi connectivity index (χ0) is 13.5. The Morgan fingerprint density at radius 1 is 1.05 bits per heavy atom. The van der Waals surface area contributed by atoms with E-state index in [1.807, 2.05) is 0 Å². The van der Waals surface area contributed by atoms with E-state index in [-0.39, 0.29) is 0 Å². The molecule has 0 aromatic rings. The van der Waals surface area contributed by atoms with Gasteiger partial charge in [0.25, 0.3) is 0 Å². The fourth-order valence-corrected chi connectivity index (χ4v) is 4.33. The van der Waals surface area contributed by atoms with Crippen molar-refractivity contribution in [3.05, 3.63) is 0 Å². The minimum atomic E-state index is 0.927. The highest BCUT2D eigenvalue weighted by atomic mass is 16.5. The molecule has 2 heteroatoms. The van der Waals surface area contributed by atoms with E-state index in [0.717, 1.165) is 43.4 Å². The van der Waals surface area contributed by atoms with Crippen molar-refractivity contribution in [2.75, 3.05) is 26.3 Å². The van der Waals surface area contributed by atoms with Gasteiger partial charge in [0.05, 0.1) is 0 Å². The summed E-state index contributed by atoms with van der Waals surface area (Å²) in [7, 11) is 0. The summed E-state index contributed by atoms with van der Waals surface area (Å²) in [4.78, 5) is 0. The largest absolute Gasteiger partial charge is 0.381 e. The van der Waals surface area contributed by atoms with E-state index in [9.17, 15) is 0 Å². The number of rotatable bonds is 6. The normalized spacial score (nSPS) is 33.5. The molecule has 1 saturated heterocycles. The van der Waals surface area contributed by atoms with Gasteiger partial charge in [-0.1, -0.05) is 33.1 Å². The molecule has 1 saturated carbocycles. The van der Waals surface area contributed by atoms with E-state index in [4.69, 9.17) is 4.74 Å². The van der Waals surface area contributed by atoms with Gasteiger partial charge in [-0.3, -0.25) is 0 Å². The van der Waals surface area contributed by atoms with Crippen LogP contribution in [-0.2, 0) is 4.74 Å². The van der Waals surface area contributed by atoms with Crippen LogP contribution >= 0.6 is 0 Å². The number of nitrogens with one attached hydrogen (secondary N) is 1. The molecule has 2 rings (SSSR count). The van der Waals surface area contributed by atoms with Crippen LogP contribution in [0.3, 0.4) is 0 Å². The Kier molecular flexibility index (Phi) is 6.66. The van der Waals surface area contributed by atoms with Crippen molar-refractivity contribution < 1.29 is 4.74 Å². The first-order chi connectivity index (χ1) is 9.35. The Labute approximate surface area is 119 Å². The highest BCUT2D eigenvalue weighted by molar-refractivity contribution is 4.86. The van der Waals surface area contributed by atoms with E-state index >= 15 is 0 Å². The van der Waals surface area contributed by atoms with Crippen LogP contribution in [0.5, 0.6) is 0 Å². The van der Waals surface area contributed by atoms with E-state index in [2.05, 4.69) is 19.2 Å². The van der Waals surface area contributed by atoms with Gasteiger partial charge in [-0.05, 0) is 62.4 Å². The zero-order valence-corrected chi connectivity index (χ0v) is 13.0. The highest BCUT2D eigenvalue weighted by Gasteiger charge is 2.35. The van der Waals surface area contributed by atoms with Gasteiger partial charge >= 0.3 is 0 Å². The van der Waals surface area contributed by atoms with E-state index in [1.165, 1.54) is 51.5 Å². The summed E-state index contributed by atoms with van der Waals surface area (Å²) in [5.74, 6) is 3.84. The maximum absolute atomic E-state index is 5.57. The summed E-state index contributed by atoms with van der Waals surface area (Å²) in [5, 5.41) is 3.60. The van der Waals surface area contributed by atoms with Gasteiger partial charge in [0.2, 0.25) is 0 Å². The Hall–Kier alpha value is -0.0800. The second-order valence-corrected chi connectivity index (χ2v) is 6.65. The van der Waals surface area contributed by atoms with Gasteiger partial charge in [0.1, 0.15) is 0 Å². The summed E-state index contributed by atoms with van der Waals surface area (Å²) < 4.78 is 5.57. The van der Waals surface area contributed by atoms with Crippen molar-refractivity contribution in [3.63, 3.8) is 0 Å². The first kappa shape index (κ1) is 15.3. The molecule has 1 aliphatic carbocycles. The predicted octanol–water partition coefficient (Wildman–Crippen LogP) is 3.86. The molecule has 0 bridgehead atoms. The number of hydrogen-bond acceptors (Lipinski definition) is 2. The lowest BCUT2D eigenvalue weighted by Gasteiger charge is -2.42. The van der Waals surface area contributed by atoms with Crippen LogP contribution in [0.4, 0.5) is 0 Å². The van der Waals surface area contributed by atoms with Gasteiger partial charge in [-0.15, -0.1) is 0 Å². The van der Waals surface area contributed by atoms with Gasteiger partial charge < -0.3 is 10.1 Å². The van der Waals surface area contributed by atoms with Gasteiger partial charge in [-0.25, -0.2) is 0 Å². The Morgan fingerprint density at radius 2 is 1.84 bits per heavy atom. The third kappa shape index (κ3) is 4.46. The molecule has 1 heterocycles. The molecule has 2 nitrogen and oxygen atoms in total. The predicted molar refractivity (Wildman–Crippen MR) is 81.3 cm³/mol. The third-order valence-electron chi connectivity index (χ3n) is 5.38. The molecule has 3 unspecified atom stereocenters. The zero-order valence-electron chi connectivity index (χ0n) is 13.0. The smallest absolute Gasteiger partial charge is 0.0468 e. The van der Waals surface area contributed by atoms with Crippen LogP contribution < -0.4 is 5.32 Å². The molecule has 2 fully saturated rings. The Balaban J connectivity index is 1.93. The molecular weight excluding hydrogens is 234 g/mol. The van der Waals surface area contributed by atoms with Gasteiger partial charge in [0.15, 0.2) is 0 Å². The Morgan fingerprint density at radius 3 is 2.53 bits per heavy atom. The van der Waals surface area contributed by atoms with Crippen LogP contribution in [0.15, 0.2) is 0 Å². The van der Waals surface area contributed by atoms with E-state index in [0.29, 0.717) is 0 Å². The van der Waals surface area contributed by atoms with Crippen molar-refractivity contribution in [1.29, 1.82) is 0 Å². The fourth-order valence-electron chi connectivity index (χ4n) is 4.33. The topological polar surface area (TPSA) is 21.3 Å². The fraction of sp³-hybridized carbons (Fsp3) is 1.00. The molecule has 3 atom stereocenters. The van der Waals surface area contributed by atoms with Crippen LogP contribution in [0.25, 0.3) is 0 Å². The summed E-state index contributed by atoms with van der Waals surface area (Å²) in [5.41, 5.74) is 0. The molecule has 1 N–H and O–H groups in total. The van der Waals surface area contributed by atoms with E-state index in [1.54, 1.807) is 0 Å². The average Bonchev–Trinajstić information content (AvgIpc) is 2.47. The van der Waals surface area contributed by atoms with Gasteiger partial charge in [-0.2, -0.15) is 0 Å². The maximum Gasteiger partial charge on any atom is 0.0468 e. The third-order valence-corrected chi connectivity index (χ3v) is 5.38. The maximum atomic E-state index is 5.57. The molecule has 0 aromatic carbocycles. The first-order valence-electron chi connectivity index (χ1n) is 8.63. The second kappa shape index (κ2) is 8.26.